The molecule has 9 heteroatoms. The average molecular weight is 382 g/mol. The molecule has 1 aromatic heterocycles. The maximum atomic E-state index is 11.6. The molecule has 1 aromatic carbocycles. The quantitative estimate of drug-likeness (QED) is 0.357. The molecule has 0 aliphatic carbocycles. The summed E-state index contributed by atoms with van der Waals surface area (Å²) in [4.78, 5) is 11.6. The number of halogens is 1. The van der Waals surface area contributed by atoms with Gasteiger partial charge in [0.2, 0.25) is 5.88 Å². The number of nitrogens with zero attached hydrogens (tertiary/aromatic N) is 3. The van der Waals surface area contributed by atoms with Gasteiger partial charge in [-0.2, -0.15) is 5.10 Å². The summed E-state index contributed by atoms with van der Waals surface area (Å²) in [6.07, 6.45) is 0.273. The van der Waals surface area contributed by atoms with Gasteiger partial charge in [-0.1, -0.05) is 16.8 Å². The lowest BCUT2D eigenvalue weighted by molar-refractivity contribution is -0.147. The summed E-state index contributed by atoms with van der Waals surface area (Å²) in [5.74, 6) is 0.531. The van der Waals surface area contributed by atoms with Crippen molar-refractivity contribution in [2.45, 2.75) is 26.9 Å². The van der Waals surface area contributed by atoms with Gasteiger partial charge in [-0.3, -0.25) is 0 Å². The highest BCUT2D eigenvalue weighted by molar-refractivity contribution is 6.32. The smallest absolute Gasteiger partial charge is 0.346 e. The minimum Gasteiger partial charge on any atom is -0.478 e. The Morgan fingerprint density at radius 3 is 2.62 bits per heavy atom. The van der Waals surface area contributed by atoms with Crippen LogP contribution in [-0.4, -0.2) is 40.4 Å². The third kappa shape index (κ3) is 4.08. The SMILES string of the molecule is COC(=O)[C@H](C)Oc1cc(Oc2c(C)c(C)nn2C)c(Cl)cc1/C=N/O. The van der Waals surface area contributed by atoms with E-state index < -0.39 is 12.1 Å². The second-order valence-corrected chi connectivity index (χ2v) is 6.00. The van der Waals surface area contributed by atoms with Gasteiger partial charge in [0, 0.05) is 24.2 Å². The number of esters is 1. The van der Waals surface area contributed by atoms with Gasteiger partial charge in [0.1, 0.15) is 5.75 Å². The summed E-state index contributed by atoms with van der Waals surface area (Å²) in [6, 6.07) is 3.02. The van der Waals surface area contributed by atoms with Crippen LogP contribution in [0.5, 0.6) is 17.4 Å². The fourth-order valence-electron chi connectivity index (χ4n) is 2.29. The normalized spacial score (nSPS) is 12.2. The molecule has 2 rings (SSSR count). The van der Waals surface area contributed by atoms with Crippen LogP contribution >= 0.6 is 11.6 Å². The van der Waals surface area contributed by atoms with Crippen LogP contribution in [0.15, 0.2) is 17.3 Å². The minimum absolute atomic E-state index is 0.247. The fourth-order valence-corrected chi connectivity index (χ4v) is 2.50. The number of carbonyl (C=O) groups is 1. The number of oxime groups is 1. The number of aryl methyl sites for hydroxylation is 2. The maximum absolute atomic E-state index is 11.6. The Balaban J connectivity index is 2.44. The molecule has 0 unspecified atom stereocenters. The molecule has 0 saturated carbocycles. The number of carbonyl (C=O) groups excluding carboxylic acids is 1. The van der Waals surface area contributed by atoms with Gasteiger partial charge in [0.25, 0.3) is 0 Å². The number of benzene rings is 1. The lowest BCUT2D eigenvalue weighted by Crippen LogP contribution is -2.25. The van der Waals surface area contributed by atoms with E-state index in [0.717, 1.165) is 17.5 Å². The Labute approximate surface area is 155 Å². The van der Waals surface area contributed by atoms with Gasteiger partial charge in [0.05, 0.1) is 24.0 Å². The predicted octanol–water partition coefficient (Wildman–Crippen LogP) is 3.23. The van der Waals surface area contributed by atoms with E-state index in [1.54, 1.807) is 11.7 Å². The first-order valence-electron chi connectivity index (χ1n) is 7.72. The molecule has 1 heterocycles. The Morgan fingerprint density at radius 2 is 2.08 bits per heavy atom. The van der Waals surface area contributed by atoms with E-state index in [0.29, 0.717) is 17.2 Å². The molecule has 26 heavy (non-hydrogen) atoms. The molecule has 0 spiro atoms. The molecule has 0 saturated heterocycles. The highest BCUT2D eigenvalue weighted by atomic mass is 35.5. The molecule has 0 aliphatic rings. The van der Waals surface area contributed by atoms with Crippen LogP contribution in [0.3, 0.4) is 0 Å². The van der Waals surface area contributed by atoms with E-state index in [2.05, 4.69) is 15.0 Å². The minimum atomic E-state index is -0.874. The number of ether oxygens (including phenoxy) is 3. The molecule has 8 nitrogen and oxygen atoms in total. The first-order chi connectivity index (χ1) is 12.3. The van der Waals surface area contributed by atoms with Crippen LogP contribution in [0.4, 0.5) is 0 Å². The summed E-state index contributed by atoms with van der Waals surface area (Å²) in [5, 5.41) is 16.4. The van der Waals surface area contributed by atoms with Crippen molar-refractivity contribution >= 4 is 23.8 Å². The zero-order valence-corrected chi connectivity index (χ0v) is 15.9. The van der Waals surface area contributed by atoms with Crippen molar-refractivity contribution < 1.29 is 24.2 Å². The summed E-state index contributed by atoms with van der Waals surface area (Å²) < 4.78 is 17.8. The van der Waals surface area contributed by atoms with E-state index in [-0.39, 0.29) is 10.8 Å². The molecule has 0 radical (unpaired) electrons. The molecule has 0 aliphatic heterocycles. The average Bonchev–Trinajstić information content (AvgIpc) is 2.84. The first-order valence-corrected chi connectivity index (χ1v) is 8.09. The molecule has 1 atom stereocenters. The van der Waals surface area contributed by atoms with E-state index >= 15 is 0 Å². The summed E-state index contributed by atoms with van der Waals surface area (Å²) in [5.41, 5.74) is 2.08. The lowest BCUT2D eigenvalue weighted by atomic mass is 10.2. The molecule has 0 fully saturated rings. The van der Waals surface area contributed by atoms with E-state index in [4.69, 9.17) is 26.3 Å². The highest BCUT2D eigenvalue weighted by Crippen LogP contribution is 2.36. The van der Waals surface area contributed by atoms with E-state index in [1.165, 1.54) is 26.2 Å². The Hall–Kier alpha value is -2.74. The van der Waals surface area contributed by atoms with Crippen LogP contribution in [0.2, 0.25) is 5.02 Å². The first kappa shape index (κ1) is 19.6. The van der Waals surface area contributed by atoms with E-state index in [9.17, 15) is 4.79 Å². The van der Waals surface area contributed by atoms with Gasteiger partial charge in [-0.15, -0.1) is 0 Å². The van der Waals surface area contributed by atoms with Crippen molar-refractivity contribution in [1.29, 1.82) is 0 Å². The number of aromatic nitrogens is 2. The number of hydrogen-bond donors (Lipinski definition) is 1. The van der Waals surface area contributed by atoms with E-state index in [1.807, 2.05) is 13.8 Å². The second-order valence-electron chi connectivity index (χ2n) is 5.59. The van der Waals surface area contributed by atoms with Crippen LogP contribution in [-0.2, 0) is 16.6 Å². The van der Waals surface area contributed by atoms with Crippen molar-refractivity contribution in [2.75, 3.05) is 7.11 Å². The van der Waals surface area contributed by atoms with Crippen molar-refractivity contribution in [3.05, 3.63) is 34.0 Å². The number of methoxy groups -OCH3 is 1. The van der Waals surface area contributed by atoms with Crippen LogP contribution in [0.25, 0.3) is 0 Å². The Kier molecular flexibility index (Phi) is 6.10. The predicted molar refractivity (Wildman–Crippen MR) is 95.7 cm³/mol. The fraction of sp³-hybridized carbons (Fsp3) is 0.353. The molecule has 0 amide bonds. The van der Waals surface area contributed by atoms with Crippen LogP contribution in [0, 0.1) is 13.8 Å². The molecule has 2 aromatic rings. The maximum Gasteiger partial charge on any atom is 0.346 e. The third-order valence-corrected chi connectivity index (χ3v) is 4.06. The van der Waals surface area contributed by atoms with Crippen molar-refractivity contribution in [3.8, 4) is 17.4 Å². The molecule has 0 bridgehead atoms. The standard InChI is InChI=1S/C17H20ClN3O5/c1-9-10(2)20-21(4)16(9)26-15-7-14(25-11(3)17(22)24-5)12(8-19-23)6-13(15)18/h6-8,11,23H,1-5H3/b19-8+/t11-/m0/s1. The van der Waals surface area contributed by atoms with Gasteiger partial charge < -0.3 is 19.4 Å². The van der Waals surface area contributed by atoms with Gasteiger partial charge in [-0.25, -0.2) is 9.48 Å². The van der Waals surface area contributed by atoms with Crippen LogP contribution in [0.1, 0.15) is 23.7 Å². The van der Waals surface area contributed by atoms with Gasteiger partial charge in [-0.05, 0) is 26.8 Å². The largest absolute Gasteiger partial charge is 0.478 e. The zero-order valence-electron chi connectivity index (χ0n) is 15.1. The number of hydrogen-bond acceptors (Lipinski definition) is 7. The zero-order chi connectivity index (χ0) is 19.4. The van der Waals surface area contributed by atoms with Crippen LogP contribution < -0.4 is 9.47 Å². The summed E-state index contributed by atoms with van der Waals surface area (Å²) in [7, 11) is 3.02. The Bertz CT molecular complexity index is 847. The van der Waals surface area contributed by atoms with Gasteiger partial charge in [0.15, 0.2) is 11.9 Å². The summed E-state index contributed by atoms with van der Waals surface area (Å²) in [6.45, 7) is 5.29. The highest BCUT2D eigenvalue weighted by Gasteiger charge is 2.20. The topological polar surface area (TPSA) is 95.2 Å². The molecule has 1 N–H and O–H groups in total. The van der Waals surface area contributed by atoms with Crippen molar-refractivity contribution in [1.82, 2.24) is 9.78 Å². The lowest BCUT2D eigenvalue weighted by Gasteiger charge is -2.16. The van der Waals surface area contributed by atoms with Gasteiger partial charge >= 0.3 is 5.97 Å². The molecular formula is C17H20ClN3O5. The monoisotopic (exact) mass is 381 g/mol. The molecular weight excluding hydrogens is 362 g/mol. The molecule has 140 valence electrons. The van der Waals surface area contributed by atoms with Crippen molar-refractivity contribution in [2.24, 2.45) is 12.2 Å². The second kappa shape index (κ2) is 8.09. The third-order valence-electron chi connectivity index (χ3n) is 3.76. The number of rotatable bonds is 6. The Morgan fingerprint density at radius 1 is 1.38 bits per heavy atom. The summed E-state index contributed by atoms with van der Waals surface area (Å²) >= 11 is 6.28. The van der Waals surface area contributed by atoms with Crippen molar-refractivity contribution in [3.63, 3.8) is 0 Å².